The first kappa shape index (κ1) is 16.5. The number of unbranched alkanes of at least 4 members (excludes halogenated alkanes) is 2. The van der Waals surface area contributed by atoms with Crippen molar-refractivity contribution in [1.29, 1.82) is 0 Å². The predicted octanol–water partition coefficient (Wildman–Crippen LogP) is 5.25. The highest BCUT2D eigenvalue weighted by molar-refractivity contribution is 6.30. The fourth-order valence-corrected chi connectivity index (χ4v) is 2.53. The Morgan fingerprint density at radius 1 is 1.16 bits per heavy atom. The van der Waals surface area contributed by atoms with Gasteiger partial charge in [0.15, 0.2) is 0 Å². The number of hydrogen-bond donors (Lipinski definition) is 1. The molecule has 0 aromatic heterocycles. The number of halogens is 1. The summed E-state index contributed by atoms with van der Waals surface area (Å²) in [5.74, 6) is 1.29. The molecule has 0 heterocycles. The molecule has 0 saturated carbocycles. The molecule has 1 rings (SSSR count). The summed E-state index contributed by atoms with van der Waals surface area (Å²) in [5, 5.41) is 4.44. The summed E-state index contributed by atoms with van der Waals surface area (Å²) in [6.45, 7) is 8.90. The molecular weight excluding hydrogens is 254 g/mol. The molecule has 0 bridgehead atoms. The van der Waals surface area contributed by atoms with E-state index < -0.39 is 0 Å². The van der Waals surface area contributed by atoms with Crippen molar-refractivity contribution < 1.29 is 0 Å². The molecule has 1 nitrogen and oxygen atoms in total. The number of benzene rings is 1. The third-order valence-electron chi connectivity index (χ3n) is 3.42. The van der Waals surface area contributed by atoms with E-state index in [1.165, 1.54) is 31.2 Å². The van der Waals surface area contributed by atoms with Crippen molar-refractivity contribution in [1.82, 2.24) is 5.32 Å². The smallest absolute Gasteiger partial charge is 0.0408 e. The molecule has 19 heavy (non-hydrogen) atoms. The summed E-state index contributed by atoms with van der Waals surface area (Å²) in [6, 6.07) is 8.34. The van der Waals surface area contributed by atoms with Gasteiger partial charge in [-0.1, -0.05) is 63.8 Å². The number of nitrogens with one attached hydrogen (secondary N) is 1. The molecule has 0 fully saturated rings. The molecule has 1 unspecified atom stereocenters. The van der Waals surface area contributed by atoms with E-state index in [9.17, 15) is 0 Å². The van der Waals surface area contributed by atoms with Crippen LogP contribution in [0.25, 0.3) is 0 Å². The van der Waals surface area contributed by atoms with Gasteiger partial charge in [0.25, 0.3) is 0 Å². The van der Waals surface area contributed by atoms with Gasteiger partial charge >= 0.3 is 0 Å². The number of rotatable bonds is 9. The van der Waals surface area contributed by atoms with Crippen LogP contribution < -0.4 is 5.32 Å². The Morgan fingerprint density at radius 2 is 1.95 bits per heavy atom. The van der Waals surface area contributed by atoms with Crippen LogP contribution in [0.5, 0.6) is 0 Å². The van der Waals surface area contributed by atoms with E-state index >= 15 is 0 Å². The molecule has 0 radical (unpaired) electrons. The maximum atomic E-state index is 6.11. The Bertz CT molecular complexity index is 349. The lowest BCUT2D eigenvalue weighted by Crippen LogP contribution is -2.25. The third-order valence-corrected chi connectivity index (χ3v) is 3.65. The SMILES string of the molecule is CCCCCC(CNCC(C)C)c1cccc(Cl)c1. The zero-order valence-corrected chi connectivity index (χ0v) is 13.3. The van der Waals surface area contributed by atoms with Gasteiger partial charge < -0.3 is 5.32 Å². The minimum absolute atomic E-state index is 0.587. The second-order valence-electron chi connectivity index (χ2n) is 5.80. The lowest BCUT2D eigenvalue weighted by molar-refractivity contribution is 0.486. The molecule has 1 aromatic rings. The Labute approximate surface area is 123 Å². The molecule has 0 amide bonds. The average molecular weight is 282 g/mol. The predicted molar refractivity (Wildman–Crippen MR) is 86.0 cm³/mol. The topological polar surface area (TPSA) is 12.0 Å². The summed E-state index contributed by atoms with van der Waals surface area (Å²) in [5.41, 5.74) is 1.37. The van der Waals surface area contributed by atoms with Gasteiger partial charge in [0.1, 0.15) is 0 Å². The molecule has 1 aromatic carbocycles. The van der Waals surface area contributed by atoms with Crippen molar-refractivity contribution in [2.45, 2.75) is 52.4 Å². The molecule has 1 atom stereocenters. The average Bonchev–Trinajstić information content (AvgIpc) is 2.37. The maximum Gasteiger partial charge on any atom is 0.0408 e. The first-order valence-electron chi connectivity index (χ1n) is 7.59. The van der Waals surface area contributed by atoms with Crippen molar-refractivity contribution >= 4 is 11.6 Å². The minimum Gasteiger partial charge on any atom is -0.316 e. The maximum absolute atomic E-state index is 6.11. The summed E-state index contributed by atoms with van der Waals surface area (Å²) in [4.78, 5) is 0. The molecular formula is C17H28ClN. The summed E-state index contributed by atoms with van der Waals surface area (Å²) in [7, 11) is 0. The Morgan fingerprint density at radius 3 is 2.58 bits per heavy atom. The molecule has 0 aliphatic heterocycles. The first-order valence-corrected chi connectivity index (χ1v) is 7.97. The van der Waals surface area contributed by atoms with Gasteiger partial charge in [-0.05, 0) is 42.5 Å². The lowest BCUT2D eigenvalue weighted by atomic mass is 9.93. The van der Waals surface area contributed by atoms with E-state index in [0.717, 1.165) is 18.1 Å². The first-order chi connectivity index (χ1) is 9.13. The second-order valence-corrected chi connectivity index (χ2v) is 6.24. The van der Waals surface area contributed by atoms with Crippen molar-refractivity contribution in [3.05, 3.63) is 34.9 Å². The monoisotopic (exact) mass is 281 g/mol. The standard InChI is InChI=1S/C17H28ClN/c1-4-5-6-8-16(13-19-12-14(2)3)15-9-7-10-17(18)11-15/h7,9-11,14,16,19H,4-6,8,12-13H2,1-3H3. The molecule has 108 valence electrons. The molecule has 0 saturated heterocycles. The van der Waals surface area contributed by atoms with E-state index in [4.69, 9.17) is 11.6 Å². The summed E-state index contributed by atoms with van der Waals surface area (Å²) in [6.07, 6.45) is 5.15. The van der Waals surface area contributed by atoms with Crippen molar-refractivity contribution in [3.8, 4) is 0 Å². The van der Waals surface area contributed by atoms with Crippen LogP contribution >= 0.6 is 11.6 Å². The molecule has 0 spiro atoms. The molecule has 1 N–H and O–H groups in total. The highest BCUT2D eigenvalue weighted by Crippen LogP contribution is 2.24. The van der Waals surface area contributed by atoms with Gasteiger partial charge in [-0.3, -0.25) is 0 Å². The van der Waals surface area contributed by atoms with E-state index in [0.29, 0.717) is 11.8 Å². The largest absolute Gasteiger partial charge is 0.316 e. The number of hydrogen-bond acceptors (Lipinski definition) is 1. The van der Waals surface area contributed by atoms with Crippen LogP contribution in [-0.4, -0.2) is 13.1 Å². The van der Waals surface area contributed by atoms with Crippen LogP contribution in [-0.2, 0) is 0 Å². The van der Waals surface area contributed by atoms with Gasteiger partial charge in [0, 0.05) is 11.6 Å². The van der Waals surface area contributed by atoms with Crippen molar-refractivity contribution in [3.63, 3.8) is 0 Å². The van der Waals surface area contributed by atoms with Gasteiger partial charge in [-0.15, -0.1) is 0 Å². The van der Waals surface area contributed by atoms with Gasteiger partial charge in [-0.25, -0.2) is 0 Å². The van der Waals surface area contributed by atoms with Crippen LogP contribution in [0.15, 0.2) is 24.3 Å². The van der Waals surface area contributed by atoms with E-state index in [1.54, 1.807) is 0 Å². The highest BCUT2D eigenvalue weighted by atomic mass is 35.5. The van der Waals surface area contributed by atoms with Crippen LogP contribution in [0, 0.1) is 5.92 Å². The second kappa shape index (κ2) is 9.39. The third kappa shape index (κ3) is 6.98. The summed E-state index contributed by atoms with van der Waals surface area (Å²) >= 11 is 6.11. The quantitative estimate of drug-likeness (QED) is 0.610. The fourth-order valence-electron chi connectivity index (χ4n) is 2.33. The highest BCUT2D eigenvalue weighted by Gasteiger charge is 2.11. The van der Waals surface area contributed by atoms with Crippen LogP contribution in [0.4, 0.5) is 0 Å². The molecule has 0 aliphatic rings. The zero-order chi connectivity index (χ0) is 14.1. The van der Waals surface area contributed by atoms with Crippen molar-refractivity contribution in [2.24, 2.45) is 5.92 Å². The van der Waals surface area contributed by atoms with Gasteiger partial charge in [0.2, 0.25) is 0 Å². The van der Waals surface area contributed by atoms with E-state index in [-0.39, 0.29) is 0 Å². The Hall–Kier alpha value is -0.530. The lowest BCUT2D eigenvalue weighted by Gasteiger charge is -2.19. The van der Waals surface area contributed by atoms with Crippen LogP contribution in [0.3, 0.4) is 0 Å². The Balaban J connectivity index is 2.57. The molecule has 0 aliphatic carbocycles. The van der Waals surface area contributed by atoms with Crippen LogP contribution in [0.1, 0.15) is 57.9 Å². The fraction of sp³-hybridized carbons (Fsp3) is 0.647. The van der Waals surface area contributed by atoms with Crippen molar-refractivity contribution in [2.75, 3.05) is 13.1 Å². The normalized spacial score (nSPS) is 12.9. The van der Waals surface area contributed by atoms with Crippen LogP contribution in [0.2, 0.25) is 5.02 Å². The van der Waals surface area contributed by atoms with E-state index in [1.807, 2.05) is 6.07 Å². The summed E-state index contributed by atoms with van der Waals surface area (Å²) < 4.78 is 0. The Kier molecular flexibility index (Phi) is 8.16. The van der Waals surface area contributed by atoms with Gasteiger partial charge in [0.05, 0.1) is 0 Å². The van der Waals surface area contributed by atoms with Gasteiger partial charge in [-0.2, -0.15) is 0 Å². The molecule has 2 heteroatoms. The minimum atomic E-state index is 0.587. The van der Waals surface area contributed by atoms with E-state index in [2.05, 4.69) is 44.3 Å². The zero-order valence-electron chi connectivity index (χ0n) is 12.6.